The zero-order valence-corrected chi connectivity index (χ0v) is 14.0. The van der Waals surface area contributed by atoms with Gasteiger partial charge in [-0.15, -0.1) is 11.6 Å². The molecule has 3 rings (SSSR count). The van der Waals surface area contributed by atoms with Gasteiger partial charge in [0.1, 0.15) is 17.0 Å². The Morgan fingerprint density at radius 2 is 2.00 bits per heavy atom. The number of hydrogen-bond donors (Lipinski definition) is 1. The van der Waals surface area contributed by atoms with Crippen molar-refractivity contribution in [1.29, 1.82) is 0 Å². The molecule has 0 fully saturated rings. The molecule has 2 aromatic heterocycles. The summed E-state index contributed by atoms with van der Waals surface area (Å²) in [6.45, 7) is 0.451. The third-order valence-electron chi connectivity index (χ3n) is 3.73. The molecular formula is C18H15ClFN3O2. The predicted molar refractivity (Wildman–Crippen MR) is 94.6 cm³/mol. The van der Waals surface area contributed by atoms with Crippen molar-refractivity contribution in [2.75, 3.05) is 12.4 Å². The molecule has 0 aliphatic rings. The van der Waals surface area contributed by atoms with Gasteiger partial charge in [-0.05, 0) is 35.9 Å². The first-order chi connectivity index (χ1) is 12.1. The van der Waals surface area contributed by atoms with Crippen LogP contribution in [0, 0.1) is 5.82 Å². The Morgan fingerprint density at radius 3 is 2.72 bits per heavy atom. The monoisotopic (exact) mass is 359 g/mol. The minimum atomic E-state index is -0.482. The standard InChI is InChI=1S/C18H15ClFN3O2/c19-7-9-22-17(24)15-10-13-2-1-8-21-16(13)23(18(15)25)11-12-3-5-14(20)6-4-12/h1-6,8,10H,7,9,11H2,(H,22,24). The molecule has 0 saturated carbocycles. The number of pyridine rings is 2. The molecule has 0 unspecified atom stereocenters. The molecule has 0 spiro atoms. The number of fused-ring (bicyclic) bond motifs is 1. The van der Waals surface area contributed by atoms with Gasteiger partial charge >= 0.3 is 0 Å². The zero-order chi connectivity index (χ0) is 17.8. The van der Waals surface area contributed by atoms with Crippen LogP contribution in [-0.2, 0) is 6.54 Å². The van der Waals surface area contributed by atoms with E-state index >= 15 is 0 Å². The number of nitrogens with zero attached hydrogens (tertiary/aromatic N) is 2. The maximum absolute atomic E-state index is 13.1. The third-order valence-corrected chi connectivity index (χ3v) is 3.92. The zero-order valence-electron chi connectivity index (χ0n) is 13.2. The largest absolute Gasteiger partial charge is 0.351 e. The van der Waals surface area contributed by atoms with E-state index in [0.29, 0.717) is 11.0 Å². The van der Waals surface area contributed by atoms with Crippen LogP contribution in [0.25, 0.3) is 11.0 Å². The van der Waals surface area contributed by atoms with Gasteiger partial charge in [0.15, 0.2) is 0 Å². The number of hydrogen-bond acceptors (Lipinski definition) is 3. The molecule has 3 aromatic rings. The van der Waals surface area contributed by atoms with E-state index in [4.69, 9.17) is 11.6 Å². The Labute approximate surface area is 148 Å². The lowest BCUT2D eigenvalue weighted by Gasteiger charge is -2.12. The van der Waals surface area contributed by atoms with E-state index in [1.165, 1.54) is 22.8 Å². The van der Waals surface area contributed by atoms with E-state index in [1.807, 2.05) is 0 Å². The van der Waals surface area contributed by atoms with E-state index < -0.39 is 11.5 Å². The molecule has 0 atom stereocenters. The molecule has 0 aliphatic carbocycles. The number of halogens is 2. The second-order valence-corrected chi connectivity index (χ2v) is 5.81. The van der Waals surface area contributed by atoms with Crippen LogP contribution in [0.15, 0.2) is 53.5 Å². The van der Waals surface area contributed by atoms with Crippen molar-refractivity contribution in [3.8, 4) is 0 Å². The van der Waals surface area contributed by atoms with Gasteiger partial charge < -0.3 is 5.32 Å². The van der Waals surface area contributed by atoms with Crippen LogP contribution in [0.1, 0.15) is 15.9 Å². The fourth-order valence-electron chi connectivity index (χ4n) is 2.54. The van der Waals surface area contributed by atoms with Crippen LogP contribution in [0.5, 0.6) is 0 Å². The normalized spacial score (nSPS) is 10.8. The van der Waals surface area contributed by atoms with Gasteiger partial charge in [-0.1, -0.05) is 12.1 Å². The average molecular weight is 360 g/mol. The highest BCUT2D eigenvalue weighted by molar-refractivity contribution is 6.18. The van der Waals surface area contributed by atoms with E-state index in [0.717, 1.165) is 5.56 Å². The Bertz CT molecular complexity index is 970. The van der Waals surface area contributed by atoms with E-state index in [-0.39, 0.29) is 30.4 Å². The highest BCUT2D eigenvalue weighted by Crippen LogP contribution is 2.13. The van der Waals surface area contributed by atoms with Gasteiger partial charge in [0, 0.05) is 24.0 Å². The van der Waals surface area contributed by atoms with Gasteiger partial charge in [0.2, 0.25) is 0 Å². The van der Waals surface area contributed by atoms with Crippen molar-refractivity contribution in [1.82, 2.24) is 14.9 Å². The molecule has 1 amide bonds. The van der Waals surface area contributed by atoms with Gasteiger partial charge in [-0.25, -0.2) is 9.37 Å². The van der Waals surface area contributed by atoms with Crippen LogP contribution in [-0.4, -0.2) is 27.9 Å². The SMILES string of the molecule is O=C(NCCCl)c1cc2cccnc2n(Cc2ccc(F)cc2)c1=O. The smallest absolute Gasteiger partial charge is 0.265 e. The van der Waals surface area contributed by atoms with Gasteiger partial charge in [0.05, 0.1) is 6.54 Å². The molecule has 0 bridgehead atoms. The summed E-state index contributed by atoms with van der Waals surface area (Å²) in [4.78, 5) is 29.3. The number of carbonyl (C=O) groups excluding carboxylic acids is 1. The molecule has 0 radical (unpaired) electrons. The quantitative estimate of drug-likeness (QED) is 0.712. The summed E-state index contributed by atoms with van der Waals surface area (Å²) >= 11 is 5.58. The second kappa shape index (κ2) is 7.44. The summed E-state index contributed by atoms with van der Waals surface area (Å²) < 4.78 is 14.5. The van der Waals surface area contributed by atoms with E-state index in [2.05, 4.69) is 10.3 Å². The molecular weight excluding hydrogens is 345 g/mol. The minimum absolute atomic E-state index is 0.0210. The maximum atomic E-state index is 13.1. The van der Waals surface area contributed by atoms with Crippen LogP contribution in [0.2, 0.25) is 0 Å². The minimum Gasteiger partial charge on any atom is -0.351 e. The lowest BCUT2D eigenvalue weighted by molar-refractivity contribution is 0.0954. The first-order valence-electron chi connectivity index (χ1n) is 7.67. The average Bonchev–Trinajstić information content (AvgIpc) is 2.63. The Kier molecular flexibility index (Phi) is 5.09. The van der Waals surface area contributed by atoms with Gasteiger partial charge in [-0.2, -0.15) is 0 Å². The summed E-state index contributed by atoms with van der Waals surface area (Å²) in [6.07, 6.45) is 1.58. The summed E-state index contributed by atoms with van der Waals surface area (Å²) in [5.74, 6) is -0.581. The van der Waals surface area contributed by atoms with Crippen LogP contribution >= 0.6 is 11.6 Å². The molecule has 128 valence electrons. The Balaban J connectivity index is 2.11. The summed E-state index contributed by atoms with van der Waals surface area (Å²) in [7, 11) is 0. The number of alkyl halides is 1. The van der Waals surface area contributed by atoms with Gasteiger partial charge in [0.25, 0.3) is 11.5 Å². The van der Waals surface area contributed by atoms with Crippen molar-refractivity contribution in [2.24, 2.45) is 0 Å². The van der Waals surface area contributed by atoms with Crippen molar-refractivity contribution >= 4 is 28.5 Å². The first-order valence-corrected chi connectivity index (χ1v) is 8.21. The second-order valence-electron chi connectivity index (χ2n) is 5.44. The molecule has 0 aliphatic heterocycles. The number of benzene rings is 1. The van der Waals surface area contributed by atoms with Crippen LogP contribution in [0.3, 0.4) is 0 Å². The van der Waals surface area contributed by atoms with Crippen molar-refractivity contribution in [2.45, 2.75) is 6.54 Å². The summed E-state index contributed by atoms with van der Waals surface area (Å²) in [6, 6.07) is 10.9. The van der Waals surface area contributed by atoms with E-state index in [9.17, 15) is 14.0 Å². The topological polar surface area (TPSA) is 64.0 Å². The summed E-state index contributed by atoms with van der Waals surface area (Å²) in [5, 5.41) is 3.27. The highest BCUT2D eigenvalue weighted by Gasteiger charge is 2.16. The molecule has 5 nitrogen and oxygen atoms in total. The van der Waals surface area contributed by atoms with Crippen molar-refractivity contribution < 1.29 is 9.18 Å². The summed E-state index contributed by atoms with van der Waals surface area (Å²) in [5.41, 5.74) is 0.759. The highest BCUT2D eigenvalue weighted by atomic mass is 35.5. The van der Waals surface area contributed by atoms with Crippen LogP contribution < -0.4 is 10.9 Å². The molecule has 1 aromatic carbocycles. The lowest BCUT2D eigenvalue weighted by Crippen LogP contribution is -2.34. The lowest BCUT2D eigenvalue weighted by atomic mass is 10.1. The number of nitrogens with one attached hydrogen (secondary N) is 1. The predicted octanol–water partition coefficient (Wildman–Crippen LogP) is 2.55. The molecule has 25 heavy (non-hydrogen) atoms. The number of rotatable bonds is 5. The van der Waals surface area contributed by atoms with Crippen molar-refractivity contribution in [3.05, 3.63) is 76.0 Å². The molecule has 2 heterocycles. The molecule has 0 saturated heterocycles. The van der Waals surface area contributed by atoms with Gasteiger partial charge in [-0.3, -0.25) is 14.2 Å². The van der Waals surface area contributed by atoms with Crippen LogP contribution in [0.4, 0.5) is 4.39 Å². The fourth-order valence-corrected chi connectivity index (χ4v) is 2.64. The third kappa shape index (κ3) is 3.69. The maximum Gasteiger partial charge on any atom is 0.265 e. The van der Waals surface area contributed by atoms with Crippen molar-refractivity contribution in [3.63, 3.8) is 0 Å². The molecule has 1 N–H and O–H groups in total. The fraction of sp³-hybridized carbons (Fsp3) is 0.167. The number of carbonyl (C=O) groups is 1. The molecule has 7 heteroatoms. The van der Waals surface area contributed by atoms with E-state index in [1.54, 1.807) is 30.5 Å². The first kappa shape index (κ1) is 17.1. The number of aromatic nitrogens is 2. The Morgan fingerprint density at radius 1 is 1.24 bits per heavy atom. The Hall–Kier alpha value is -2.73. The number of amides is 1.